The van der Waals surface area contributed by atoms with Crippen molar-refractivity contribution in [2.24, 2.45) is 0 Å². The predicted octanol–water partition coefficient (Wildman–Crippen LogP) is 2.97. The molecule has 1 aromatic carbocycles. The minimum absolute atomic E-state index is 0.188. The van der Waals surface area contributed by atoms with Crippen molar-refractivity contribution in [3.63, 3.8) is 0 Å². The van der Waals surface area contributed by atoms with Crippen molar-refractivity contribution in [2.75, 3.05) is 19.8 Å². The van der Waals surface area contributed by atoms with Crippen LogP contribution in [0.1, 0.15) is 36.9 Å². The van der Waals surface area contributed by atoms with Gasteiger partial charge in [0.25, 0.3) is 0 Å². The zero-order chi connectivity index (χ0) is 13.1. The maximum atomic E-state index is 5.75. The summed E-state index contributed by atoms with van der Waals surface area (Å²) < 4.78 is 11.3. The molecule has 3 heteroatoms. The molecule has 19 heavy (non-hydrogen) atoms. The SMILES string of the molecule is CCCNC(C1=CCCO1)c1ccc2c(c1)CCO2. The molecule has 0 saturated heterocycles. The minimum Gasteiger partial charge on any atom is -0.496 e. The predicted molar refractivity (Wildman–Crippen MR) is 75.3 cm³/mol. The van der Waals surface area contributed by atoms with Crippen molar-refractivity contribution < 1.29 is 9.47 Å². The Kier molecular flexibility index (Phi) is 3.74. The van der Waals surface area contributed by atoms with Crippen molar-refractivity contribution in [3.05, 3.63) is 41.2 Å². The van der Waals surface area contributed by atoms with Gasteiger partial charge in [0.2, 0.25) is 0 Å². The molecule has 0 amide bonds. The Labute approximate surface area is 114 Å². The highest BCUT2D eigenvalue weighted by Gasteiger charge is 2.22. The lowest BCUT2D eigenvalue weighted by Crippen LogP contribution is -2.24. The van der Waals surface area contributed by atoms with E-state index >= 15 is 0 Å². The normalized spacial score (nSPS) is 18.5. The van der Waals surface area contributed by atoms with Gasteiger partial charge in [-0.2, -0.15) is 0 Å². The first kappa shape index (κ1) is 12.5. The molecule has 2 heterocycles. The molecule has 1 aromatic rings. The van der Waals surface area contributed by atoms with Crippen LogP contribution < -0.4 is 10.1 Å². The van der Waals surface area contributed by atoms with Gasteiger partial charge in [0.15, 0.2) is 0 Å². The number of fused-ring (bicyclic) bond motifs is 1. The van der Waals surface area contributed by atoms with E-state index in [9.17, 15) is 0 Å². The number of ether oxygens (including phenoxy) is 2. The molecule has 2 aliphatic heterocycles. The summed E-state index contributed by atoms with van der Waals surface area (Å²) in [6.45, 7) is 4.81. The fraction of sp³-hybridized carbons (Fsp3) is 0.500. The van der Waals surface area contributed by atoms with Gasteiger partial charge in [0.1, 0.15) is 11.5 Å². The molecule has 1 unspecified atom stereocenters. The van der Waals surface area contributed by atoms with Crippen molar-refractivity contribution in [2.45, 2.75) is 32.2 Å². The molecule has 1 atom stereocenters. The highest BCUT2D eigenvalue weighted by molar-refractivity contribution is 5.42. The van der Waals surface area contributed by atoms with Crippen LogP contribution in [-0.4, -0.2) is 19.8 Å². The van der Waals surface area contributed by atoms with E-state index < -0.39 is 0 Å². The van der Waals surface area contributed by atoms with Gasteiger partial charge in [-0.1, -0.05) is 13.0 Å². The van der Waals surface area contributed by atoms with Crippen LogP contribution in [0.15, 0.2) is 30.0 Å². The Bertz CT molecular complexity index is 482. The number of hydrogen-bond donors (Lipinski definition) is 1. The Morgan fingerprint density at radius 3 is 3.00 bits per heavy atom. The molecule has 0 fully saturated rings. The average molecular weight is 259 g/mol. The summed E-state index contributed by atoms with van der Waals surface area (Å²) in [6.07, 6.45) is 5.37. The summed E-state index contributed by atoms with van der Waals surface area (Å²) in [5, 5.41) is 3.58. The second-order valence-corrected chi connectivity index (χ2v) is 5.10. The van der Waals surface area contributed by atoms with Gasteiger partial charge in [-0.25, -0.2) is 0 Å². The monoisotopic (exact) mass is 259 g/mol. The molecule has 3 rings (SSSR count). The Hall–Kier alpha value is -1.48. The topological polar surface area (TPSA) is 30.5 Å². The first-order valence-electron chi connectivity index (χ1n) is 7.20. The van der Waals surface area contributed by atoms with Crippen LogP contribution in [0.4, 0.5) is 0 Å². The molecular formula is C16H21NO2. The number of benzene rings is 1. The van der Waals surface area contributed by atoms with E-state index in [1.807, 2.05) is 0 Å². The summed E-state index contributed by atoms with van der Waals surface area (Å²) in [5.41, 5.74) is 2.60. The lowest BCUT2D eigenvalue weighted by molar-refractivity contribution is 0.215. The van der Waals surface area contributed by atoms with E-state index in [1.165, 1.54) is 11.1 Å². The summed E-state index contributed by atoms with van der Waals surface area (Å²) in [5.74, 6) is 2.12. The van der Waals surface area contributed by atoms with Gasteiger partial charge in [-0.05, 0) is 42.3 Å². The van der Waals surface area contributed by atoms with Gasteiger partial charge < -0.3 is 14.8 Å². The van der Waals surface area contributed by atoms with Crippen molar-refractivity contribution in [3.8, 4) is 5.75 Å². The zero-order valence-electron chi connectivity index (χ0n) is 11.4. The molecule has 102 valence electrons. The van der Waals surface area contributed by atoms with E-state index in [0.29, 0.717) is 0 Å². The van der Waals surface area contributed by atoms with E-state index in [1.54, 1.807) is 0 Å². The zero-order valence-corrected chi connectivity index (χ0v) is 11.4. The van der Waals surface area contributed by atoms with Crippen LogP contribution in [-0.2, 0) is 11.2 Å². The molecule has 0 aromatic heterocycles. The van der Waals surface area contributed by atoms with E-state index in [2.05, 4.69) is 36.5 Å². The minimum atomic E-state index is 0.188. The molecule has 0 spiro atoms. The highest BCUT2D eigenvalue weighted by atomic mass is 16.5. The fourth-order valence-electron chi connectivity index (χ4n) is 2.70. The number of nitrogens with one attached hydrogen (secondary N) is 1. The number of rotatable bonds is 5. The van der Waals surface area contributed by atoms with Crippen LogP contribution in [0.25, 0.3) is 0 Å². The lowest BCUT2D eigenvalue weighted by atomic mass is 10.0. The van der Waals surface area contributed by atoms with Crippen molar-refractivity contribution in [1.82, 2.24) is 5.32 Å². The fourth-order valence-corrected chi connectivity index (χ4v) is 2.70. The van der Waals surface area contributed by atoms with Gasteiger partial charge in [0, 0.05) is 12.8 Å². The second-order valence-electron chi connectivity index (χ2n) is 5.10. The lowest BCUT2D eigenvalue weighted by Gasteiger charge is -2.20. The molecule has 1 N–H and O–H groups in total. The van der Waals surface area contributed by atoms with Gasteiger partial charge >= 0.3 is 0 Å². The summed E-state index contributed by atoms with van der Waals surface area (Å²) >= 11 is 0. The molecule has 0 bridgehead atoms. The third-order valence-corrected chi connectivity index (χ3v) is 3.66. The standard InChI is InChI=1S/C16H21NO2/c1-2-8-17-16(15-4-3-9-18-15)13-5-6-14-12(11-13)7-10-19-14/h4-6,11,16-17H,2-3,7-10H2,1H3. The summed E-state index contributed by atoms with van der Waals surface area (Å²) in [4.78, 5) is 0. The Balaban J connectivity index is 1.85. The van der Waals surface area contributed by atoms with Gasteiger partial charge in [-0.15, -0.1) is 0 Å². The van der Waals surface area contributed by atoms with Crippen LogP contribution in [0.2, 0.25) is 0 Å². The third-order valence-electron chi connectivity index (χ3n) is 3.66. The summed E-state index contributed by atoms with van der Waals surface area (Å²) in [6, 6.07) is 6.69. The molecule has 0 saturated carbocycles. The smallest absolute Gasteiger partial charge is 0.122 e. The Morgan fingerprint density at radius 1 is 1.26 bits per heavy atom. The third kappa shape index (κ3) is 2.61. The largest absolute Gasteiger partial charge is 0.496 e. The van der Waals surface area contributed by atoms with Crippen LogP contribution in [0.5, 0.6) is 5.75 Å². The van der Waals surface area contributed by atoms with Crippen LogP contribution in [0, 0.1) is 0 Å². The van der Waals surface area contributed by atoms with Crippen molar-refractivity contribution >= 4 is 0 Å². The second kappa shape index (κ2) is 5.66. The van der Waals surface area contributed by atoms with Gasteiger partial charge in [0.05, 0.1) is 19.3 Å². The van der Waals surface area contributed by atoms with E-state index in [4.69, 9.17) is 9.47 Å². The maximum Gasteiger partial charge on any atom is 0.122 e. The van der Waals surface area contributed by atoms with Crippen LogP contribution in [0.3, 0.4) is 0 Å². The van der Waals surface area contributed by atoms with Gasteiger partial charge in [-0.3, -0.25) is 0 Å². The first-order chi connectivity index (χ1) is 9.38. The molecule has 0 aliphatic carbocycles. The van der Waals surface area contributed by atoms with Crippen molar-refractivity contribution in [1.29, 1.82) is 0 Å². The average Bonchev–Trinajstić information content (AvgIpc) is 3.09. The quantitative estimate of drug-likeness (QED) is 0.882. The molecule has 0 radical (unpaired) electrons. The molecular weight excluding hydrogens is 238 g/mol. The van der Waals surface area contributed by atoms with E-state index in [-0.39, 0.29) is 6.04 Å². The maximum absolute atomic E-state index is 5.75. The van der Waals surface area contributed by atoms with E-state index in [0.717, 1.165) is 50.5 Å². The summed E-state index contributed by atoms with van der Waals surface area (Å²) in [7, 11) is 0. The Morgan fingerprint density at radius 2 is 2.21 bits per heavy atom. The molecule has 2 aliphatic rings. The highest BCUT2D eigenvalue weighted by Crippen LogP contribution is 2.32. The first-order valence-corrected chi connectivity index (χ1v) is 7.20. The number of hydrogen-bond acceptors (Lipinski definition) is 3. The molecule has 3 nitrogen and oxygen atoms in total. The van der Waals surface area contributed by atoms with Crippen LogP contribution >= 0.6 is 0 Å².